The van der Waals surface area contributed by atoms with E-state index in [2.05, 4.69) is 19.2 Å². The van der Waals surface area contributed by atoms with Gasteiger partial charge in [-0.1, -0.05) is 26.8 Å². The Labute approximate surface area is 122 Å². The molecule has 1 unspecified atom stereocenters. The standard InChI is InChI=1S/C15H25NO3S/c1-5-20(17,18)11-13(4)16-14-7-6-8-15(9-14)19-10-12(2)3/h6-9,12-13,16H,5,10-11H2,1-4H3. The number of rotatable bonds is 8. The Morgan fingerprint density at radius 2 is 1.95 bits per heavy atom. The molecule has 0 aliphatic heterocycles. The Kier molecular flexibility index (Phi) is 6.33. The Morgan fingerprint density at radius 3 is 2.55 bits per heavy atom. The zero-order valence-corrected chi connectivity index (χ0v) is 13.5. The second-order valence-electron chi connectivity index (χ2n) is 5.48. The first-order chi connectivity index (χ1) is 9.32. The highest BCUT2D eigenvalue weighted by molar-refractivity contribution is 7.91. The van der Waals surface area contributed by atoms with Gasteiger partial charge in [-0.2, -0.15) is 0 Å². The molecule has 0 aliphatic carbocycles. The van der Waals surface area contributed by atoms with Gasteiger partial charge in [0.05, 0.1) is 12.4 Å². The third kappa shape index (κ3) is 6.28. The van der Waals surface area contributed by atoms with Gasteiger partial charge in [0, 0.05) is 23.5 Å². The molecular weight excluding hydrogens is 274 g/mol. The monoisotopic (exact) mass is 299 g/mol. The van der Waals surface area contributed by atoms with Gasteiger partial charge in [0.15, 0.2) is 9.84 Å². The van der Waals surface area contributed by atoms with Crippen LogP contribution in [0, 0.1) is 5.92 Å². The molecule has 0 aromatic heterocycles. The molecule has 0 saturated carbocycles. The van der Waals surface area contributed by atoms with Gasteiger partial charge < -0.3 is 10.1 Å². The van der Waals surface area contributed by atoms with Crippen molar-refractivity contribution in [3.8, 4) is 5.75 Å². The molecule has 1 rings (SSSR count). The molecule has 4 nitrogen and oxygen atoms in total. The maximum atomic E-state index is 11.6. The first-order valence-electron chi connectivity index (χ1n) is 7.02. The molecule has 0 radical (unpaired) electrons. The van der Waals surface area contributed by atoms with Crippen LogP contribution >= 0.6 is 0 Å². The van der Waals surface area contributed by atoms with Gasteiger partial charge in [-0.05, 0) is 25.0 Å². The van der Waals surface area contributed by atoms with Gasteiger partial charge in [0.1, 0.15) is 5.75 Å². The third-order valence-electron chi connectivity index (χ3n) is 2.77. The Bertz CT molecular complexity index is 512. The fourth-order valence-corrected chi connectivity index (χ4v) is 2.84. The Hall–Kier alpha value is -1.23. The maximum absolute atomic E-state index is 11.6. The first-order valence-corrected chi connectivity index (χ1v) is 8.84. The van der Waals surface area contributed by atoms with Gasteiger partial charge in [-0.25, -0.2) is 8.42 Å². The highest BCUT2D eigenvalue weighted by Crippen LogP contribution is 2.19. The molecule has 0 saturated heterocycles. The summed E-state index contributed by atoms with van der Waals surface area (Å²) in [6.07, 6.45) is 0. The summed E-state index contributed by atoms with van der Waals surface area (Å²) in [5.74, 6) is 1.59. The quantitative estimate of drug-likeness (QED) is 0.802. The fraction of sp³-hybridized carbons (Fsp3) is 0.600. The third-order valence-corrected chi connectivity index (χ3v) is 4.66. The van der Waals surface area contributed by atoms with Crippen molar-refractivity contribution in [3.63, 3.8) is 0 Å². The van der Waals surface area contributed by atoms with Gasteiger partial charge in [0.2, 0.25) is 0 Å². The summed E-state index contributed by atoms with van der Waals surface area (Å²) in [6, 6.07) is 7.50. The Balaban J connectivity index is 2.61. The minimum absolute atomic E-state index is 0.125. The molecule has 0 spiro atoms. The van der Waals surface area contributed by atoms with Crippen molar-refractivity contribution in [1.82, 2.24) is 0 Å². The molecule has 1 atom stereocenters. The molecule has 0 heterocycles. The van der Waals surface area contributed by atoms with Crippen molar-refractivity contribution in [2.45, 2.75) is 33.7 Å². The number of nitrogens with one attached hydrogen (secondary N) is 1. The average Bonchev–Trinajstić information content (AvgIpc) is 2.36. The lowest BCUT2D eigenvalue weighted by atomic mass is 10.2. The van der Waals surface area contributed by atoms with Crippen LogP contribution < -0.4 is 10.1 Å². The van der Waals surface area contributed by atoms with Crippen LogP contribution in [-0.2, 0) is 9.84 Å². The number of benzene rings is 1. The van der Waals surface area contributed by atoms with Crippen molar-refractivity contribution in [2.75, 3.05) is 23.4 Å². The molecule has 20 heavy (non-hydrogen) atoms. The topological polar surface area (TPSA) is 55.4 Å². The van der Waals surface area contributed by atoms with E-state index in [0.29, 0.717) is 12.5 Å². The predicted octanol–water partition coefficient (Wildman–Crippen LogP) is 2.96. The van der Waals surface area contributed by atoms with E-state index in [1.807, 2.05) is 31.2 Å². The molecule has 0 aliphatic rings. The summed E-state index contributed by atoms with van der Waals surface area (Å²) in [5.41, 5.74) is 0.880. The van der Waals surface area contributed by atoms with E-state index in [1.54, 1.807) is 6.92 Å². The highest BCUT2D eigenvalue weighted by atomic mass is 32.2. The SMILES string of the molecule is CCS(=O)(=O)CC(C)Nc1cccc(OCC(C)C)c1. The van der Waals surface area contributed by atoms with Crippen LogP contribution in [0.2, 0.25) is 0 Å². The zero-order valence-electron chi connectivity index (χ0n) is 12.7. The van der Waals surface area contributed by atoms with Crippen LogP contribution in [0.1, 0.15) is 27.7 Å². The summed E-state index contributed by atoms with van der Waals surface area (Å²) in [4.78, 5) is 0. The molecule has 5 heteroatoms. The van der Waals surface area contributed by atoms with E-state index >= 15 is 0 Å². The molecular formula is C15H25NO3S. The summed E-state index contributed by atoms with van der Waals surface area (Å²) < 4.78 is 28.8. The van der Waals surface area contributed by atoms with E-state index in [1.165, 1.54) is 0 Å². The lowest BCUT2D eigenvalue weighted by Gasteiger charge is -2.16. The van der Waals surface area contributed by atoms with Crippen LogP contribution in [0.4, 0.5) is 5.69 Å². The largest absolute Gasteiger partial charge is 0.493 e. The average molecular weight is 299 g/mol. The maximum Gasteiger partial charge on any atom is 0.152 e. The minimum Gasteiger partial charge on any atom is -0.493 e. The van der Waals surface area contributed by atoms with Crippen molar-refractivity contribution < 1.29 is 13.2 Å². The number of hydrogen-bond donors (Lipinski definition) is 1. The molecule has 0 bridgehead atoms. The minimum atomic E-state index is -2.96. The second kappa shape index (κ2) is 7.53. The van der Waals surface area contributed by atoms with Crippen molar-refractivity contribution in [1.29, 1.82) is 0 Å². The Morgan fingerprint density at radius 1 is 1.25 bits per heavy atom. The molecule has 1 aromatic carbocycles. The van der Waals surface area contributed by atoms with Crippen molar-refractivity contribution in [3.05, 3.63) is 24.3 Å². The smallest absolute Gasteiger partial charge is 0.152 e. The van der Waals surface area contributed by atoms with Crippen LogP contribution in [0.15, 0.2) is 24.3 Å². The molecule has 114 valence electrons. The van der Waals surface area contributed by atoms with E-state index in [-0.39, 0.29) is 17.5 Å². The van der Waals surface area contributed by atoms with E-state index < -0.39 is 9.84 Å². The number of sulfone groups is 1. The van der Waals surface area contributed by atoms with Crippen molar-refractivity contribution in [2.24, 2.45) is 5.92 Å². The summed E-state index contributed by atoms with van der Waals surface area (Å²) >= 11 is 0. The molecule has 0 amide bonds. The van der Waals surface area contributed by atoms with Crippen molar-refractivity contribution >= 4 is 15.5 Å². The van der Waals surface area contributed by atoms with Crippen LogP contribution in [0.25, 0.3) is 0 Å². The number of anilines is 1. The molecule has 1 aromatic rings. The normalized spacial score (nSPS) is 13.2. The summed E-state index contributed by atoms with van der Waals surface area (Å²) in [6.45, 7) is 8.40. The van der Waals surface area contributed by atoms with Gasteiger partial charge >= 0.3 is 0 Å². The summed E-state index contributed by atoms with van der Waals surface area (Å²) in [5, 5.41) is 3.20. The fourth-order valence-electron chi connectivity index (χ4n) is 1.76. The second-order valence-corrected chi connectivity index (χ2v) is 7.87. The van der Waals surface area contributed by atoms with Gasteiger partial charge in [-0.3, -0.25) is 0 Å². The number of hydrogen-bond acceptors (Lipinski definition) is 4. The van der Waals surface area contributed by atoms with Crippen LogP contribution in [0.3, 0.4) is 0 Å². The first kappa shape index (κ1) is 16.8. The van der Waals surface area contributed by atoms with Gasteiger partial charge in [0.25, 0.3) is 0 Å². The zero-order chi connectivity index (χ0) is 15.2. The number of ether oxygens (including phenoxy) is 1. The predicted molar refractivity (Wildman–Crippen MR) is 84.2 cm³/mol. The van der Waals surface area contributed by atoms with Gasteiger partial charge in [-0.15, -0.1) is 0 Å². The highest BCUT2D eigenvalue weighted by Gasteiger charge is 2.13. The van der Waals surface area contributed by atoms with Crippen LogP contribution in [-0.4, -0.2) is 32.6 Å². The lowest BCUT2D eigenvalue weighted by molar-refractivity contribution is 0.271. The van der Waals surface area contributed by atoms with E-state index in [9.17, 15) is 8.42 Å². The molecule has 1 N–H and O–H groups in total. The van der Waals surface area contributed by atoms with Crippen LogP contribution in [0.5, 0.6) is 5.75 Å². The lowest BCUT2D eigenvalue weighted by Crippen LogP contribution is -2.26. The van der Waals surface area contributed by atoms with E-state index in [4.69, 9.17) is 4.74 Å². The summed E-state index contributed by atoms with van der Waals surface area (Å²) in [7, 11) is -2.96. The van der Waals surface area contributed by atoms with E-state index in [0.717, 1.165) is 11.4 Å². The molecule has 0 fully saturated rings.